The highest BCUT2D eigenvalue weighted by molar-refractivity contribution is 7.73. The Bertz CT molecular complexity index is 1520. The molecule has 2 N–H and O–H groups in total. The van der Waals surface area contributed by atoms with Crippen LogP contribution in [0.4, 0.5) is 11.5 Å². The van der Waals surface area contributed by atoms with Crippen LogP contribution in [-0.2, 0) is 17.4 Å². The molecule has 0 radical (unpaired) electrons. The Morgan fingerprint density at radius 2 is 1.68 bits per heavy atom. The SMILES string of the molecule is O=[SH](=O)Nc1cncc(-c2nc(NCc3ccccn3)c3c(-c4ccccc4)cccc3n2)c1. The molecule has 0 aliphatic heterocycles. The van der Waals surface area contributed by atoms with E-state index in [1.54, 1.807) is 18.5 Å². The van der Waals surface area contributed by atoms with Crippen LogP contribution >= 0.6 is 0 Å². The Hall–Kier alpha value is -4.37. The molecule has 0 atom stereocenters. The highest BCUT2D eigenvalue weighted by atomic mass is 32.2. The summed E-state index contributed by atoms with van der Waals surface area (Å²) in [5, 5.41) is 4.31. The van der Waals surface area contributed by atoms with E-state index in [2.05, 4.69) is 20.0 Å². The summed E-state index contributed by atoms with van der Waals surface area (Å²) in [6, 6.07) is 23.4. The third kappa shape index (κ3) is 4.69. The fourth-order valence-electron chi connectivity index (χ4n) is 3.70. The molecule has 0 saturated carbocycles. The number of pyridine rings is 2. The average Bonchev–Trinajstić information content (AvgIpc) is 2.87. The van der Waals surface area contributed by atoms with Gasteiger partial charge in [0, 0.05) is 18.0 Å². The van der Waals surface area contributed by atoms with Crippen LogP contribution < -0.4 is 10.0 Å². The summed E-state index contributed by atoms with van der Waals surface area (Å²) in [4.78, 5) is 18.1. The van der Waals surface area contributed by atoms with Crippen molar-refractivity contribution in [3.63, 3.8) is 0 Å². The van der Waals surface area contributed by atoms with E-state index in [-0.39, 0.29) is 0 Å². The van der Waals surface area contributed by atoms with E-state index < -0.39 is 10.9 Å². The van der Waals surface area contributed by atoms with E-state index >= 15 is 0 Å². The molecule has 0 amide bonds. The molecule has 5 aromatic rings. The minimum absolute atomic E-state index is 0.346. The molecule has 0 spiro atoms. The molecule has 9 heteroatoms. The highest BCUT2D eigenvalue weighted by Crippen LogP contribution is 2.34. The molecule has 0 bridgehead atoms. The summed E-state index contributed by atoms with van der Waals surface area (Å²) in [7, 11) is -2.80. The van der Waals surface area contributed by atoms with Gasteiger partial charge in [-0.05, 0) is 35.4 Å². The summed E-state index contributed by atoms with van der Waals surface area (Å²) < 4.78 is 24.5. The zero-order valence-corrected chi connectivity index (χ0v) is 18.8. The van der Waals surface area contributed by atoms with Crippen LogP contribution in [0.15, 0.2) is 91.4 Å². The van der Waals surface area contributed by atoms with Crippen molar-refractivity contribution in [3.8, 4) is 22.5 Å². The Balaban J connectivity index is 1.66. The Kier molecular flexibility index (Phi) is 6.09. The summed E-state index contributed by atoms with van der Waals surface area (Å²) in [6.45, 7) is 0.478. The number of thiol groups is 1. The number of aromatic nitrogens is 4. The van der Waals surface area contributed by atoms with E-state index in [4.69, 9.17) is 9.97 Å². The van der Waals surface area contributed by atoms with Crippen molar-refractivity contribution < 1.29 is 8.42 Å². The van der Waals surface area contributed by atoms with E-state index in [0.717, 1.165) is 27.7 Å². The maximum Gasteiger partial charge on any atom is 0.222 e. The lowest BCUT2D eigenvalue weighted by Gasteiger charge is -2.14. The lowest BCUT2D eigenvalue weighted by Crippen LogP contribution is -2.06. The maximum absolute atomic E-state index is 11.1. The van der Waals surface area contributed by atoms with Crippen LogP contribution in [0.5, 0.6) is 0 Å². The number of benzene rings is 2. The van der Waals surface area contributed by atoms with Crippen LogP contribution in [0.2, 0.25) is 0 Å². The number of nitrogens with zero attached hydrogens (tertiary/aromatic N) is 4. The molecule has 34 heavy (non-hydrogen) atoms. The monoisotopic (exact) mass is 468 g/mol. The van der Waals surface area contributed by atoms with Crippen molar-refractivity contribution in [3.05, 3.63) is 97.1 Å². The second-order valence-corrected chi connectivity index (χ2v) is 8.21. The molecule has 3 heterocycles. The van der Waals surface area contributed by atoms with Gasteiger partial charge >= 0.3 is 0 Å². The third-order valence-corrected chi connectivity index (χ3v) is 5.63. The molecule has 8 nitrogen and oxygen atoms in total. The van der Waals surface area contributed by atoms with Crippen LogP contribution in [0, 0.1) is 0 Å². The molecule has 0 aliphatic rings. The van der Waals surface area contributed by atoms with Crippen molar-refractivity contribution in [2.45, 2.75) is 6.54 Å². The van der Waals surface area contributed by atoms with Gasteiger partial charge in [0.1, 0.15) is 5.82 Å². The number of fused-ring (bicyclic) bond motifs is 1. The first-order valence-electron chi connectivity index (χ1n) is 10.5. The fraction of sp³-hybridized carbons (Fsp3) is 0.0400. The lowest BCUT2D eigenvalue weighted by molar-refractivity contribution is 0.619. The van der Waals surface area contributed by atoms with Gasteiger partial charge in [0.25, 0.3) is 0 Å². The number of nitrogens with one attached hydrogen (secondary N) is 2. The molecular weight excluding hydrogens is 448 g/mol. The topological polar surface area (TPSA) is 110 Å². The largest absolute Gasteiger partial charge is 0.364 e. The molecule has 0 unspecified atom stereocenters. The summed E-state index contributed by atoms with van der Waals surface area (Å²) in [5.74, 6) is 1.08. The van der Waals surface area contributed by atoms with Crippen molar-refractivity contribution in [1.29, 1.82) is 0 Å². The van der Waals surface area contributed by atoms with Crippen molar-refractivity contribution in [2.75, 3.05) is 10.0 Å². The smallest absolute Gasteiger partial charge is 0.222 e. The van der Waals surface area contributed by atoms with Gasteiger partial charge in [0.15, 0.2) is 5.82 Å². The van der Waals surface area contributed by atoms with Crippen LogP contribution in [-0.4, -0.2) is 28.4 Å². The standard InChI is InChI=1S/C25H20N6O2S/c32-34(33)31-20-13-18(14-26-15-20)24-29-22-11-6-10-21(17-7-2-1-3-8-17)23(22)25(30-24)28-16-19-9-4-5-12-27-19/h1-15,34H,16H2,(H,28,29,30)(H,31,32,33). The second-order valence-electron chi connectivity index (χ2n) is 7.47. The minimum atomic E-state index is -2.80. The van der Waals surface area contributed by atoms with Gasteiger partial charge in [-0.2, -0.15) is 0 Å². The molecule has 0 aliphatic carbocycles. The van der Waals surface area contributed by atoms with Crippen molar-refractivity contribution in [1.82, 2.24) is 19.9 Å². The molecule has 0 fully saturated rings. The van der Waals surface area contributed by atoms with Crippen LogP contribution in [0.3, 0.4) is 0 Å². The first kappa shape index (κ1) is 21.5. The van der Waals surface area contributed by atoms with Crippen LogP contribution in [0.25, 0.3) is 33.4 Å². The highest BCUT2D eigenvalue weighted by Gasteiger charge is 2.15. The van der Waals surface area contributed by atoms with E-state index in [9.17, 15) is 8.42 Å². The van der Waals surface area contributed by atoms with Crippen LogP contribution in [0.1, 0.15) is 5.69 Å². The van der Waals surface area contributed by atoms with Gasteiger partial charge in [-0.3, -0.25) is 14.7 Å². The maximum atomic E-state index is 11.1. The van der Waals surface area contributed by atoms with Crippen molar-refractivity contribution >= 4 is 33.3 Å². The number of anilines is 2. The molecule has 2 aromatic carbocycles. The fourth-order valence-corrected chi connectivity index (χ4v) is 4.04. The first-order valence-corrected chi connectivity index (χ1v) is 11.7. The van der Waals surface area contributed by atoms with E-state index in [1.165, 1.54) is 6.20 Å². The quantitative estimate of drug-likeness (QED) is 0.305. The molecule has 0 saturated heterocycles. The lowest BCUT2D eigenvalue weighted by atomic mass is 10.0. The van der Waals surface area contributed by atoms with Gasteiger partial charge < -0.3 is 5.32 Å². The van der Waals surface area contributed by atoms with Gasteiger partial charge in [-0.1, -0.05) is 48.5 Å². The zero-order valence-electron chi connectivity index (χ0n) is 17.9. The zero-order chi connectivity index (χ0) is 23.3. The summed E-state index contributed by atoms with van der Waals surface area (Å²) in [6.07, 6.45) is 4.79. The predicted octanol–water partition coefficient (Wildman–Crippen LogP) is 4.30. The molecule has 3 aromatic heterocycles. The molecule has 168 valence electrons. The summed E-state index contributed by atoms with van der Waals surface area (Å²) >= 11 is 0. The second kappa shape index (κ2) is 9.63. The normalized spacial score (nSPS) is 11.0. The van der Waals surface area contributed by atoms with Gasteiger partial charge in [-0.25, -0.2) is 18.4 Å². The average molecular weight is 469 g/mol. The van der Waals surface area contributed by atoms with E-state index in [0.29, 0.717) is 29.4 Å². The van der Waals surface area contributed by atoms with Gasteiger partial charge in [0.05, 0.1) is 35.0 Å². The number of hydrogen-bond donors (Lipinski definition) is 3. The Labute approximate surface area is 197 Å². The minimum Gasteiger partial charge on any atom is -0.364 e. The van der Waals surface area contributed by atoms with Gasteiger partial charge in [-0.15, -0.1) is 0 Å². The number of hydrogen-bond acceptors (Lipinski definition) is 7. The van der Waals surface area contributed by atoms with Crippen molar-refractivity contribution in [2.24, 2.45) is 0 Å². The number of rotatable bonds is 7. The van der Waals surface area contributed by atoms with Gasteiger partial charge in [0.2, 0.25) is 10.9 Å². The predicted molar refractivity (Wildman–Crippen MR) is 134 cm³/mol. The molecular formula is C25H20N6O2S. The summed E-state index contributed by atoms with van der Waals surface area (Å²) in [5.41, 5.74) is 4.62. The third-order valence-electron chi connectivity index (χ3n) is 5.19. The first-order chi connectivity index (χ1) is 16.7. The Morgan fingerprint density at radius 3 is 2.47 bits per heavy atom. The van der Waals surface area contributed by atoms with E-state index in [1.807, 2.05) is 66.7 Å². The molecule has 5 rings (SSSR count). The Morgan fingerprint density at radius 1 is 0.824 bits per heavy atom.